The van der Waals surface area contributed by atoms with Gasteiger partial charge >= 0.3 is 0 Å². The molecule has 4 nitrogen and oxygen atoms in total. The highest BCUT2D eigenvalue weighted by atomic mass is 19.1. The number of halogens is 2. The number of rotatable bonds is 5. The average molecular weight is 281 g/mol. The molecule has 0 bridgehead atoms. The molecule has 6 heteroatoms. The molecule has 1 aromatic carbocycles. The first-order valence-electron chi connectivity index (χ1n) is 6.00. The van der Waals surface area contributed by atoms with Crippen LogP contribution in [0.2, 0.25) is 0 Å². The topological polar surface area (TPSA) is 59.6 Å². The van der Waals surface area contributed by atoms with Crippen molar-refractivity contribution in [1.82, 2.24) is 5.43 Å². The average Bonchev–Trinajstić information content (AvgIpc) is 2.42. The summed E-state index contributed by atoms with van der Waals surface area (Å²) in [5, 5.41) is 0. The molecular weight excluding hydrogens is 264 g/mol. The van der Waals surface area contributed by atoms with Gasteiger partial charge in [0.2, 0.25) is 11.6 Å². The van der Waals surface area contributed by atoms with Gasteiger partial charge in [0.15, 0.2) is 11.6 Å². The van der Waals surface area contributed by atoms with Gasteiger partial charge in [-0.3, -0.25) is 10.8 Å². The molecule has 0 saturated carbocycles. The van der Waals surface area contributed by atoms with E-state index in [-0.39, 0.29) is 5.90 Å². The van der Waals surface area contributed by atoms with Crippen molar-refractivity contribution in [2.45, 2.75) is 13.8 Å². The van der Waals surface area contributed by atoms with Gasteiger partial charge in [-0.25, -0.2) is 8.78 Å². The Morgan fingerprint density at radius 3 is 2.55 bits per heavy atom. The fraction of sp³-hybridized carbons (Fsp3) is 0.214. The van der Waals surface area contributed by atoms with Crippen molar-refractivity contribution < 1.29 is 13.5 Å². The fourth-order valence-electron chi connectivity index (χ4n) is 1.33. The summed E-state index contributed by atoms with van der Waals surface area (Å²) in [4.78, 5) is 4.03. The smallest absolute Gasteiger partial charge is 0.215 e. The third kappa shape index (κ3) is 4.17. The van der Waals surface area contributed by atoms with Crippen molar-refractivity contribution in [3.8, 4) is 5.75 Å². The first-order valence-corrected chi connectivity index (χ1v) is 6.00. The number of benzene rings is 1. The number of hydrogen-bond acceptors (Lipinski definition) is 4. The van der Waals surface area contributed by atoms with Gasteiger partial charge in [-0.1, -0.05) is 12.6 Å². The van der Waals surface area contributed by atoms with Gasteiger partial charge in [0, 0.05) is 18.3 Å². The van der Waals surface area contributed by atoms with Crippen LogP contribution >= 0.6 is 0 Å². The largest absolute Gasteiger partial charge is 0.433 e. The zero-order chi connectivity index (χ0) is 15.1. The zero-order valence-corrected chi connectivity index (χ0v) is 11.4. The van der Waals surface area contributed by atoms with Crippen LogP contribution in [0.1, 0.15) is 13.8 Å². The van der Waals surface area contributed by atoms with Crippen LogP contribution in [0, 0.1) is 11.6 Å². The Morgan fingerprint density at radius 2 is 2.05 bits per heavy atom. The van der Waals surface area contributed by atoms with Crippen LogP contribution in [0.5, 0.6) is 5.75 Å². The van der Waals surface area contributed by atoms with Gasteiger partial charge in [-0.05, 0) is 31.6 Å². The fourth-order valence-corrected chi connectivity index (χ4v) is 1.33. The molecule has 0 atom stereocenters. The Labute approximate surface area is 116 Å². The van der Waals surface area contributed by atoms with Gasteiger partial charge < -0.3 is 10.2 Å². The molecule has 0 aliphatic rings. The minimum atomic E-state index is -0.796. The van der Waals surface area contributed by atoms with Crippen LogP contribution in [0.25, 0.3) is 0 Å². The van der Waals surface area contributed by atoms with E-state index in [4.69, 9.17) is 10.6 Å². The molecule has 0 fully saturated rings. The van der Waals surface area contributed by atoms with Crippen LogP contribution < -0.4 is 16.0 Å². The van der Waals surface area contributed by atoms with E-state index in [0.717, 1.165) is 12.1 Å². The number of aliphatic imine (C=N–C) groups is 1. The van der Waals surface area contributed by atoms with Gasteiger partial charge in [0.25, 0.3) is 0 Å². The lowest BCUT2D eigenvalue weighted by molar-refractivity contribution is 0.448. The van der Waals surface area contributed by atoms with Crippen LogP contribution in [-0.4, -0.2) is 12.4 Å². The third-order valence-corrected chi connectivity index (χ3v) is 2.43. The number of hydrazine groups is 1. The Hall–Kier alpha value is -2.21. The van der Waals surface area contributed by atoms with Crippen molar-refractivity contribution in [1.29, 1.82) is 0 Å². The van der Waals surface area contributed by atoms with Crippen LogP contribution in [0.15, 0.2) is 47.1 Å². The molecule has 0 spiro atoms. The van der Waals surface area contributed by atoms with Gasteiger partial charge in [0.05, 0.1) is 0 Å². The van der Waals surface area contributed by atoms with Crippen LogP contribution in [0.3, 0.4) is 0 Å². The number of nitrogens with one attached hydrogen (secondary N) is 1. The molecule has 0 amide bonds. The number of nitrogens with zero attached hydrogens (tertiary/aromatic N) is 1. The minimum absolute atomic E-state index is 0.0744. The van der Waals surface area contributed by atoms with Crippen molar-refractivity contribution in [2.24, 2.45) is 10.8 Å². The molecule has 0 radical (unpaired) electrons. The predicted octanol–water partition coefficient (Wildman–Crippen LogP) is 2.69. The van der Waals surface area contributed by atoms with Crippen molar-refractivity contribution in [3.63, 3.8) is 0 Å². The van der Waals surface area contributed by atoms with Crippen LogP contribution in [0.4, 0.5) is 8.78 Å². The van der Waals surface area contributed by atoms with E-state index in [1.807, 2.05) is 0 Å². The van der Waals surface area contributed by atoms with Crippen molar-refractivity contribution in [2.75, 3.05) is 6.54 Å². The summed E-state index contributed by atoms with van der Waals surface area (Å²) in [6.07, 6.45) is 1.50. The second kappa shape index (κ2) is 7.40. The summed E-state index contributed by atoms with van der Waals surface area (Å²) >= 11 is 0. The number of para-hydroxylation sites is 1. The summed E-state index contributed by atoms with van der Waals surface area (Å²) in [5.41, 5.74) is 3.46. The highest BCUT2D eigenvalue weighted by molar-refractivity contribution is 5.90. The second-order valence-corrected chi connectivity index (χ2v) is 3.92. The molecule has 0 saturated heterocycles. The summed E-state index contributed by atoms with van der Waals surface area (Å²) in [7, 11) is 0. The van der Waals surface area contributed by atoms with E-state index in [0.29, 0.717) is 17.8 Å². The Kier molecular flexibility index (Phi) is 5.86. The van der Waals surface area contributed by atoms with E-state index in [1.165, 1.54) is 12.1 Å². The highest BCUT2D eigenvalue weighted by Crippen LogP contribution is 2.21. The lowest BCUT2D eigenvalue weighted by atomic mass is 10.2. The maximum atomic E-state index is 13.5. The highest BCUT2D eigenvalue weighted by Gasteiger charge is 2.12. The van der Waals surface area contributed by atoms with Gasteiger partial charge in [0.1, 0.15) is 0 Å². The van der Waals surface area contributed by atoms with Crippen molar-refractivity contribution in [3.05, 3.63) is 53.8 Å². The Bertz CT molecular complexity index is 533. The molecule has 3 N–H and O–H groups in total. The lowest BCUT2D eigenvalue weighted by Crippen LogP contribution is -2.21. The summed E-state index contributed by atoms with van der Waals surface area (Å²) in [6, 6.07) is 3.48. The van der Waals surface area contributed by atoms with Crippen LogP contribution in [-0.2, 0) is 0 Å². The first-order chi connectivity index (χ1) is 9.49. The maximum absolute atomic E-state index is 13.5. The van der Waals surface area contributed by atoms with Crippen molar-refractivity contribution >= 4 is 5.90 Å². The molecule has 108 valence electrons. The van der Waals surface area contributed by atoms with E-state index >= 15 is 0 Å². The van der Waals surface area contributed by atoms with E-state index in [2.05, 4.69) is 17.0 Å². The van der Waals surface area contributed by atoms with E-state index in [9.17, 15) is 8.78 Å². The molecule has 0 unspecified atom stereocenters. The summed E-state index contributed by atoms with van der Waals surface area (Å²) in [6.45, 7) is 7.56. The number of nitrogens with two attached hydrogens (primary N) is 1. The van der Waals surface area contributed by atoms with E-state index < -0.39 is 17.4 Å². The predicted molar refractivity (Wildman–Crippen MR) is 75.2 cm³/mol. The molecule has 1 rings (SSSR count). The molecule has 0 heterocycles. The van der Waals surface area contributed by atoms with Gasteiger partial charge in [-0.2, -0.15) is 0 Å². The molecule has 0 aliphatic heterocycles. The molecular formula is C14H17F2N3O. The summed E-state index contributed by atoms with van der Waals surface area (Å²) < 4.78 is 32.2. The molecule has 0 aliphatic carbocycles. The van der Waals surface area contributed by atoms with Gasteiger partial charge in [-0.15, -0.1) is 0 Å². The summed E-state index contributed by atoms with van der Waals surface area (Å²) in [5.74, 6) is 3.22. The standard InChI is InChI=1S/C14H17F2N3O/c1-4-18-13(8-9(2)10(3)19-17)20-14-11(15)6-5-7-12(14)16/h5-8,19H,3-4,17H2,1-2H3/b9-8-,18-13?. The SMILES string of the molecule is C=C(NN)/C(C)=C\C(=NCC)Oc1c(F)cccc1F. The molecule has 20 heavy (non-hydrogen) atoms. The molecule has 0 aromatic heterocycles. The maximum Gasteiger partial charge on any atom is 0.215 e. The normalized spacial score (nSPS) is 12.2. The lowest BCUT2D eigenvalue weighted by Gasteiger charge is -2.09. The number of hydrogen-bond donors (Lipinski definition) is 2. The first kappa shape index (κ1) is 15.8. The number of allylic oxidation sites excluding steroid dienone is 1. The Balaban J connectivity index is 3.06. The third-order valence-electron chi connectivity index (χ3n) is 2.43. The second-order valence-electron chi connectivity index (χ2n) is 3.92. The van der Waals surface area contributed by atoms with E-state index in [1.54, 1.807) is 13.8 Å². The quantitative estimate of drug-likeness (QED) is 0.287. The Morgan fingerprint density at radius 1 is 1.45 bits per heavy atom. The molecule has 1 aromatic rings. The minimum Gasteiger partial charge on any atom is -0.433 e. The monoisotopic (exact) mass is 281 g/mol. The number of ether oxygens (including phenoxy) is 1. The zero-order valence-electron chi connectivity index (χ0n) is 11.4.